The van der Waals surface area contributed by atoms with Gasteiger partial charge in [0.1, 0.15) is 6.10 Å². The molecule has 0 aromatic heterocycles. The van der Waals surface area contributed by atoms with Gasteiger partial charge in [-0.2, -0.15) is 0 Å². The quantitative estimate of drug-likeness (QED) is 0.399. The number of carbonyl (C=O) groups excluding carboxylic acids is 1. The summed E-state index contributed by atoms with van der Waals surface area (Å²) in [5, 5.41) is 0.676. The molecule has 0 aliphatic carbocycles. The number of alkyl halides is 1. The monoisotopic (exact) mass is 206 g/mol. The second kappa shape index (κ2) is 5.47. The molecule has 3 heteroatoms. The zero-order valence-corrected chi connectivity index (χ0v) is 7.56. The molecule has 1 atom stereocenters. The molecule has 0 aliphatic heterocycles. The molecule has 58 valence electrons. The van der Waals surface area contributed by atoms with Crippen LogP contribution >= 0.6 is 15.9 Å². The van der Waals surface area contributed by atoms with E-state index < -0.39 is 0 Å². The van der Waals surface area contributed by atoms with Crippen molar-refractivity contribution in [2.24, 2.45) is 0 Å². The van der Waals surface area contributed by atoms with Gasteiger partial charge in [-0.1, -0.05) is 22.0 Å². The van der Waals surface area contributed by atoms with Crippen molar-refractivity contribution in [1.29, 1.82) is 0 Å². The van der Waals surface area contributed by atoms with Crippen molar-refractivity contribution in [2.75, 3.05) is 5.33 Å². The van der Waals surface area contributed by atoms with E-state index in [2.05, 4.69) is 22.5 Å². The summed E-state index contributed by atoms with van der Waals surface area (Å²) in [4.78, 5) is 10.7. The first-order valence-corrected chi connectivity index (χ1v) is 4.19. The Morgan fingerprint density at radius 3 is 2.90 bits per heavy atom. The smallest absolute Gasteiger partial charge is 0.309 e. The van der Waals surface area contributed by atoms with Crippen molar-refractivity contribution in [3.05, 3.63) is 12.7 Å². The van der Waals surface area contributed by atoms with Crippen LogP contribution in [-0.4, -0.2) is 17.4 Å². The second-order valence-electron chi connectivity index (χ2n) is 1.95. The van der Waals surface area contributed by atoms with Crippen molar-refractivity contribution >= 4 is 21.9 Å². The molecule has 0 aliphatic rings. The lowest BCUT2D eigenvalue weighted by Crippen LogP contribution is -2.14. The normalized spacial score (nSPS) is 12.2. The summed E-state index contributed by atoms with van der Waals surface area (Å²) in [7, 11) is 0. The molecule has 0 N–H and O–H groups in total. The number of ether oxygens (including phenoxy) is 1. The van der Waals surface area contributed by atoms with E-state index in [4.69, 9.17) is 4.74 Å². The molecule has 0 bridgehead atoms. The van der Waals surface area contributed by atoms with Crippen molar-refractivity contribution in [3.63, 3.8) is 0 Å². The van der Waals surface area contributed by atoms with Crippen LogP contribution < -0.4 is 0 Å². The molecule has 0 aromatic carbocycles. The van der Waals surface area contributed by atoms with Crippen LogP contribution in [0.5, 0.6) is 0 Å². The van der Waals surface area contributed by atoms with E-state index in [1.807, 2.05) is 6.92 Å². The van der Waals surface area contributed by atoms with E-state index in [9.17, 15) is 4.79 Å². The number of carbonyl (C=O) groups is 1. The molecule has 0 heterocycles. The average Bonchev–Trinajstić information content (AvgIpc) is 1.88. The van der Waals surface area contributed by atoms with E-state index >= 15 is 0 Å². The fraction of sp³-hybridized carbons (Fsp3) is 0.571. The summed E-state index contributed by atoms with van der Waals surface area (Å²) in [6, 6.07) is 0. The third-order valence-electron chi connectivity index (χ3n) is 0.861. The molecule has 0 rings (SSSR count). The van der Waals surface area contributed by atoms with E-state index in [0.29, 0.717) is 5.33 Å². The van der Waals surface area contributed by atoms with E-state index in [-0.39, 0.29) is 18.5 Å². The van der Waals surface area contributed by atoms with Crippen LogP contribution in [-0.2, 0) is 9.53 Å². The topological polar surface area (TPSA) is 26.3 Å². The molecule has 0 radical (unpaired) electrons. The summed E-state index contributed by atoms with van der Waals surface area (Å²) in [5.74, 6) is -0.220. The first-order valence-electron chi connectivity index (χ1n) is 3.07. The zero-order valence-electron chi connectivity index (χ0n) is 5.97. The molecule has 10 heavy (non-hydrogen) atoms. The van der Waals surface area contributed by atoms with Crippen LogP contribution in [0.3, 0.4) is 0 Å². The molecule has 0 aromatic rings. The van der Waals surface area contributed by atoms with Gasteiger partial charge in [0.05, 0.1) is 6.42 Å². The third kappa shape index (κ3) is 4.56. The average molecular weight is 207 g/mol. The van der Waals surface area contributed by atoms with Gasteiger partial charge < -0.3 is 4.74 Å². The fourth-order valence-electron chi connectivity index (χ4n) is 0.422. The Balaban J connectivity index is 3.46. The van der Waals surface area contributed by atoms with Crippen molar-refractivity contribution in [2.45, 2.75) is 19.4 Å². The Morgan fingerprint density at radius 1 is 1.90 bits per heavy atom. The van der Waals surface area contributed by atoms with Gasteiger partial charge >= 0.3 is 5.97 Å². The van der Waals surface area contributed by atoms with Crippen LogP contribution in [0.25, 0.3) is 0 Å². The predicted molar refractivity (Wildman–Crippen MR) is 44.2 cm³/mol. The molecule has 0 fully saturated rings. The molecule has 2 nitrogen and oxygen atoms in total. The van der Waals surface area contributed by atoms with Gasteiger partial charge in [0.25, 0.3) is 0 Å². The maximum atomic E-state index is 10.7. The first-order chi connectivity index (χ1) is 4.70. The fourth-order valence-corrected chi connectivity index (χ4v) is 0.554. The minimum atomic E-state index is -0.220. The van der Waals surface area contributed by atoms with Gasteiger partial charge in [-0.05, 0) is 6.92 Å². The Labute approximate surface area is 69.4 Å². The Hall–Kier alpha value is -0.310. The van der Waals surface area contributed by atoms with Crippen LogP contribution in [0, 0.1) is 0 Å². The third-order valence-corrected chi connectivity index (χ3v) is 1.77. The summed E-state index contributed by atoms with van der Waals surface area (Å²) < 4.78 is 4.88. The van der Waals surface area contributed by atoms with Crippen molar-refractivity contribution in [3.8, 4) is 0 Å². The maximum Gasteiger partial charge on any atom is 0.309 e. The molecule has 0 saturated heterocycles. The lowest BCUT2D eigenvalue weighted by atomic mass is 10.4. The molecule has 1 unspecified atom stereocenters. The van der Waals surface area contributed by atoms with Crippen LogP contribution in [0.15, 0.2) is 12.7 Å². The van der Waals surface area contributed by atoms with Crippen LogP contribution in [0.1, 0.15) is 13.3 Å². The second-order valence-corrected chi connectivity index (χ2v) is 2.60. The van der Waals surface area contributed by atoms with Gasteiger partial charge in [0, 0.05) is 5.33 Å². The predicted octanol–water partition coefficient (Wildman–Crippen LogP) is 1.89. The highest BCUT2D eigenvalue weighted by atomic mass is 79.9. The minimum Gasteiger partial charge on any atom is -0.462 e. The Morgan fingerprint density at radius 2 is 2.50 bits per heavy atom. The van der Waals surface area contributed by atoms with Gasteiger partial charge in [-0.15, -0.1) is 6.58 Å². The van der Waals surface area contributed by atoms with Gasteiger partial charge in [0.2, 0.25) is 0 Å². The summed E-state index contributed by atoms with van der Waals surface area (Å²) >= 11 is 3.19. The number of esters is 1. The number of rotatable bonds is 4. The Kier molecular flexibility index (Phi) is 5.30. The van der Waals surface area contributed by atoms with E-state index in [1.165, 1.54) is 6.08 Å². The van der Waals surface area contributed by atoms with Crippen molar-refractivity contribution < 1.29 is 9.53 Å². The lowest BCUT2D eigenvalue weighted by Gasteiger charge is -2.07. The maximum absolute atomic E-state index is 10.7. The number of halogens is 1. The van der Waals surface area contributed by atoms with Crippen LogP contribution in [0.2, 0.25) is 0 Å². The highest BCUT2D eigenvalue weighted by molar-refractivity contribution is 9.09. The Bertz CT molecular complexity index is 123. The highest BCUT2D eigenvalue weighted by Gasteiger charge is 2.04. The lowest BCUT2D eigenvalue weighted by molar-refractivity contribution is -0.146. The van der Waals surface area contributed by atoms with Gasteiger partial charge in [0.15, 0.2) is 0 Å². The minimum absolute atomic E-state index is 0.0487. The van der Waals surface area contributed by atoms with E-state index in [1.54, 1.807) is 0 Å². The molecule has 0 spiro atoms. The standard InChI is InChI=1S/C7H11BrO2/c1-3-4-7(9)10-6(2)5-8/h3,6H,1,4-5H2,2H3. The number of hydrogen-bond acceptors (Lipinski definition) is 2. The SMILES string of the molecule is C=CCC(=O)OC(C)CBr. The summed E-state index contributed by atoms with van der Waals surface area (Å²) in [6.45, 7) is 5.25. The molecular formula is C7H11BrO2. The van der Waals surface area contributed by atoms with E-state index in [0.717, 1.165) is 0 Å². The van der Waals surface area contributed by atoms with Crippen molar-refractivity contribution in [1.82, 2.24) is 0 Å². The first kappa shape index (κ1) is 9.69. The molecule has 0 saturated carbocycles. The molecule has 0 amide bonds. The number of hydrogen-bond donors (Lipinski definition) is 0. The largest absolute Gasteiger partial charge is 0.462 e. The summed E-state index contributed by atoms with van der Waals surface area (Å²) in [5.41, 5.74) is 0. The zero-order chi connectivity index (χ0) is 7.98. The highest BCUT2D eigenvalue weighted by Crippen LogP contribution is 1.98. The summed E-state index contributed by atoms with van der Waals surface area (Å²) in [6.07, 6.45) is 1.77. The molecular weight excluding hydrogens is 196 g/mol. The van der Waals surface area contributed by atoms with Gasteiger partial charge in [-0.3, -0.25) is 4.79 Å². The van der Waals surface area contributed by atoms with Gasteiger partial charge in [-0.25, -0.2) is 0 Å². The van der Waals surface area contributed by atoms with Crippen LogP contribution in [0.4, 0.5) is 0 Å².